The second-order valence-corrected chi connectivity index (χ2v) is 4.73. The third-order valence-electron chi connectivity index (χ3n) is 2.67. The molecule has 0 spiro atoms. The van der Waals surface area contributed by atoms with Gasteiger partial charge in [-0.1, -0.05) is 13.0 Å². The number of hydrogen-bond donors (Lipinski definition) is 1. The van der Waals surface area contributed by atoms with Gasteiger partial charge in [0.05, 0.1) is 13.2 Å². The normalized spacial score (nSPS) is 10.1. The highest BCUT2D eigenvalue weighted by atomic mass is 16.5. The maximum Gasteiger partial charge on any atom is 0.333 e. The van der Waals surface area contributed by atoms with Crippen LogP contribution in [0.5, 0.6) is 0 Å². The Bertz CT molecular complexity index is 299. The number of ether oxygens (including phenoxy) is 2. The summed E-state index contributed by atoms with van der Waals surface area (Å²) in [6, 6.07) is 0. The predicted octanol–water partition coefficient (Wildman–Crippen LogP) is 2.37. The van der Waals surface area contributed by atoms with Crippen molar-refractivity contribution >= 4 is 11.9 Å². The first-order valence-electron chi connectivity index (χ1n) is 7.17. The second kappa shape index (κ2) is 12.7. The van der Waals surface area contributed by atoms with E-state index in [9.17, 15) is 9.59 Å². The second-order valence-electron chi connectivity index (χ2n) is 4.73. The summed E-state index contributed by atoms with van der Waals surface area (Å²) in [4.78, 5) is 22.4. The topological polar surface area (TPSA) is 72.8 Å². The van der Waals surface area contributed by atoms with Crippen molar-refractivity contribution < 1.29 is 24.2 Å². The first-order chi connectivity index (χ1) is 9.57. The lowest BCUT2D eigenvalue weighted by molar-refractivity contribution is -0.143. The van der Waals surface area contributed by atoms with Gasteiger partial charge in [0, 0.05) is 18.6 Å². The molecule has 0 heterocycles. The molecule has 0 amide bonds. The Kier molecular flexibility index (Phi) is 11.8. The van der Waals surface area contributed by atoms with Gasteiger partial charge in [-0.15, -0.1) is 0 Å². The molecule has 0 aliphatic rings. The Labute approximate surface area is 121 Å². The molecule has 0 aromatic heterocycles. The van der Waals surface area contributed by atoms with E-state index in [1.807, 2.05) is 0 Å². The molecule has 1 N–H and O–H groups in total. The Morgan fingerprint density at radius 2 is 1.55 bits per heavy atom. The summed E-state index contributed by atoms with van der Waals surface area (Å²) in [5, 5.41) is 8.59. The Hall–Kier alpha value is -1.36. The zero-order chi connectivity index (χ0) is 15.2. The van der Waals surface area contributed by atoms with Crippen molar-refractivity contribution in [2.75, 3.05) is 19.8 Å². The lowest BCUT2D eigenvalue weighted by atomic mass is 10.2. The van der Waals surface area contributed by atoms with Crippen LogP contribution in [-0.4, -0.2) is 36.9 Å². The lowest BCUT2D eigenvalue weighted by Gasteiger charge is -2.06. The zero-order valence-electron chi connectivity index (χ0n) is 12.4. The number of unbranched alkanes of at least 4 members (excludes halogenated alkanes) is 4. The summed E-state index contributed by atoms with van der Waals surface area (Å²) >= 11 is 0. The van der Waals surface area contributed by atoms with Crippen LogP contribution in [-0.2, 0) is 19.1 Å². The van der Waals surface area contributed by atoms with Gasteiger partial charge in [-0.3, -0.25) is 4.79 Å². The largest absolute Gasteiger partial charge is 0.466 e. The number of esters is 2. The van der Waals surface area contributed by atoms with Crippen LogP contribution in [0.3, 0.4) is 0 Å². The highest BCUT2D eigenvalue weighted by molar-refractivity contribution is 5.86. The smallest absolute Gasteiger partial charge is 0.333 e. The van der Waals surface area contributed by atoms with Crippen molar-refractivity contribution in [2.24, 2.45) is 0 Å². The molecule has 0 radical (unpaired) electrons. The Morgan fingerprint density at radius 3 is 2.15 bits per heavy atom. The van der Waals surface area contributed by atoms with Crippen molar-refractivity contribution in [3.8, 4) is 0 Å². The Morgan fingerprint density at radius 1 is 0.950 bits per heavy atom. The van der Waals surface area contributed by atoms with Gasteiger partial charge in [0.2, 0.25) is 0 Å². The van der Waals surface area contributed by atoms with Crippen molar-refractivity contribution in [3.05, 3.63) is 12.2 Å². The van der Waals surface area contributed by atoms with E-state index >= 15 is 0 Å². The summed E-state index contributed by atoms with van der Waals surface area (Å²) in [7, 11) is 0. The molecule has 0 unspecified atom stereocenters. The zero-order valence-corrected chi connectivity index (χ0v) is 12.4. The van der Waals surface area contributed by atoms with E-state index in [0.29, 0.717) is 25.2 Å². The van der Waals surface area contributed by atoms with Gasteiger partial charge in [0.25, 0.3) is 0 Å². The average Bonchev–Trinajstić information content (AvgIpc) is 2.42. The van der Waals surface area contributed by atoms with Crippen LogP contribution < -0.4 is 0 Å². The molecule has 0 aromatic carbocycles. The van der Waals surface area contributed by atoms with Gasteiger partial charge >= 0.3 is 11.9 Å². The van der Waals surface area contributed by atoms with Gasteiger partial charge in [-0.25, -0.2) is 4.79 Å². The monoisotopic (exact) mass is 286 g/mol. The molecule has 5 heteroatoms. The number of carbonyl (C=O) groups is 2. The van der Waals surface area contributed by atoms with Gasteiger partial charge < -0.3 is 14.6 Å². The standard InChI is InChI=1S/C15H26O5/c1-13(2)15(18)20-12-8-4-7-11-19-14(17)9-5-3-6-10-16/h16H,1,3-12H2,2H3. The van der Waals surface area contributed by atoms with E-state index < -0.39 is 0 Å². The van der Waals surface area contributed by atoms with Crippen LogP contribution in [0.25, 0.3) is 0 Å². The maximum absolute atomic E-state index is 11.3. The van der Waals surface area contributed by atoms with Crippen molar-refractivity contribution in [3.63, 3.8) is 0 Å². The van der Waals surface area contributed by atoms with Crippen molar-refractivity contribution in [1.82, 2.24) is 0 Å². The molecule has 0 saturated heterocycles. The fourth-order valence-electron chi connectivity index (χ4n) is 1.49. The van der Waals surface area contributed by atoms with Gasteiger partial charge in [-0.2, -0.15) is 0 Å². The minimum absolute atomic E-state index is 0.172. The predicted molar refractivity (Wildman–Crippen MR) is 76.1 cm³/mol. The minimum Gasteiger partial charge on any atom is -0.466 e. The van der Waals surface area contributed by atoms with Crippen molar-refractivity contribution in [2.45, 2.75) is 51.9 Å². The molecule has 0 aliphatic heterocycles. The van der Waals surface area contributed by atoms with Crippen molar-refractivity contribution in [1.29, 1.82) is 0 Å². The number of aliphatic hydroxyl groups excluding tert-OH is 1. The number of aliphatic hydroxyl groups is 1. The van der Waals surface area contributed by atoms with Crippen LogP contribution in [0.1, 0.15) is 51.9 Å². The van der Waals surface area contributed by atoms with E-state index in [1.165, 1.54) is 0 Å². The number of hydrogen-bond acceptors (Lipinski definition) is 5. The van der Waals surface area contributed by atoms with E-state index in [4.69, 9.17) is 14.6 Å². The van der Waals surface area contributed by atoms with Gasteiger partial charge in [-0.05, 0) is 39.0 Å². The highest BCUT2D eigenvalue weighted by Gasteiger charge is 2.03. The molecule has 5 nitrogen and oxygen atoms in total. The summed E-state index contributed by atoms with van der Waals surface area (Å²) < 4.78 is 10.0. The molecular weight excluding hydrogens is 260 g/mol. The third kappa shape index (κ3) is 11.7. The van der Waals surface area contributed by atoms with E-state index in [-0.39, 0.29) is 18.5 Å². The summed E-state index contributed by atoms with van der Waals surface area (Å²) in [5.41, 5.74) is 0.403. The molecule has 0 atom stereocenters. The SMILES string of the molecule is C=C(C)C(=O)OCCCCCOC(=O)CCCCCO. The van der Waals surface area contributed by atoms with E-state index in [0.717, 1.165) is 38.5 Å². The lowest BCUT2D eigenvalue weighted by Crippen LogP contribution is -2.08. The van der Waals surface area contributed by atoms with Crippen LogP contribution in [0.2, 0.25) is 0 Å². The maximum atomic E-state index is 11.3. The number of rotatable bonds is 12. The summed E-state index contributed by atoms with van der Waals surface area (Å²) in [6.45, 7) is 6.06. The van der Waals surface area contributed by atoms with E-state index in [2.05, 4.69) is 6.58 Å². The molecule has 116 valence electrons. The fraction of sp³-hybridized carbons (Fsp3) is 0.733. The number of carbonyl (C=O) groups excluding carboxylic acids is 2. The van der Waals surface area contributed by atoms with Crippen LogP contribution >= 0.6 is 0 Å². The van der Waals surface area contributed by atoms with Gasteiger partial charge in [0.1, 0.15) is 0 Å². The molecule has 0 aromatic rings. The average molecular weight is 286 g/mol. The highest BCUT2D eigenvalue weighted by Crippen LogP contribution is 2.03. The molecule has 0 aliphatic carbocycles. The molecule has 20 heavy (non-hydrogen) atoms. The fourth-order valence-corrected chi connectivity index (χ4v) is 1.49. The molecule has 0 bridgehead atoms. The summed E-state index contributed by atoms with van der Waals surface area (Å²) in [6.07, 6.45) is 5.13. The van der Waals surface area contributed by atoms with E-state index in [1.54, 1.807) is 6.92 Å². The quantitative estimate of drug-likeness (QED) is 0.339. The molecule has 0 saturated carbocycles. The molecular formula is C15H26O5. The van der Waals surface area contributed by atoms with Crippen LogP contribution in [0.15, 0.2) is 12.2 Å². The summed E-state index contributed by atoms with van der Waals surface area (Å²) in [5.74, 6) is -0.545. The first-order valence-corrected chi connectivity index (χ1v) is 7.17. The molecule has 0 rings (SSSR count). The first kappa shape index (κ1) is 18.6. The van der Waals surface area contributed by atoms with Gasteiger partial charge in [0.15, 0.2) is 0 Å². The van der Waals surface area contributed by atoms with Crippen LogP contribution in [0.4, 0.5) is 0 Å². The molecule has 0 fully saturated rings. The van der Waals surface area contributed by atoms with Crippen LogP contribution in [0, 0.1) is 0 Å². The third-order valence-corrected chi connectivity index (χ3v) is 2.67. The Balaban J connectivity index is 3.29. The minimum atomic E-state index is -0.362.